The number of aliphatic hydroxyl groups excluding tert-OH is 1. The van der Waals surface area contributed by atoms with Gasteiger partial charge in [0.05, 0.1) is 11.5 Å². The Morgan fingerprint density at radius 2 is 1.90 bits per heavy atom. The number of nitro benzene ring substituents is 1. The maximum Gasteiger partial charge on any atom is 0.288 e. The monoisotopic (exact) mass is 306 g/mol. The van der Waals surface area contributed by atoms with Gasteiger partial charge in [-0.15, -0.1) is 0 Å². The molecule has 7 heteroatoms. The van der Waals surface area contributed by atoms with Crippen molar-refractivity contribution in [2.45, 2.75) is 6.61 Å². The van der Waals surface area contributed by atoms with E-state index in [9.17, 15) is 14.9 Å². The van der Waals surface area contributed by atoms with Gasteiger partial charge in [-0.2, -0.15) is 0 Å². The second-order valence-electron chi connectivity index (χ2n) is 4.23. The van der Waals surface area contributed by atoms with E-state index in [0.717, 1.165) is 11.6 Å². The number of anilines is 1. The van der Waals surface area contributed by atoms with Crippen LogP contribution in [-0.2, 0) is 6.61 Å². The molecule has 0 unspecified atom stereocenters. The Hall–Kier alpha value is -2.44. The van der Waals surface area contributed by atoms with Crippen molar-refractivity contribution < 1.29 is 14.8 Å². The second kappa shape index (κ2) is 6.34. The second-order valence-corrected chi connectivity index (χ2v) is 4.64. The molecule has 0 fully saturated rings. The van der Waals surface area contributed by atoms with Crippen LogP contribution >= 0.6 is 11.6 Å². The molecule has 0 radical (unpaired) electrons. The fraction of sp³-hybridized carbons (Fsp3) is 0.0714. The molecular formula is C14H11ClN2O4. The van der Waals surface area contributed by atoms with E-state index in [1.54, 1.807) is 24.3 Å². The van der Waals surface area contributed by atoms with Gasteiger partial charge in [-0.05, 0) is 29.8 Å². The minimum atomic E-state index is -0.644. The van der Waals surface area contributed by atoms with Crippen molar-refractivity contribution in [2.24, 2.45) is 0 Å². The molecule has 0 heterocycles. The molecule has 0 bridgehead atoms. The lowest BCUT2D eigenvalue weighted by Crippen LogP contribution is -2.12. The molecule has 1 amide bonds. The molecule has 6 nitrogen and oxygen atoms in total. The van der Waals surface area contributed by atoms with Crippen LogP contribution in [-0.4, -0.2) is 15.9 Å². The Labute approximate surface area is 125 Å². The maximum atomic E-state index is 12.0. The first-order valence-electron chi connectivity index (χ1n) is 5.96. The van der Waals surface area contributed by atoms with Gasteiger partial charge in [-0.25, -0.2) is 0 Å². The van der Waals surface area contributed by atoms with E-state index in [1.165, 1.54) is 12.1 Å². The van der Waals surface area contributed by atoms with E-state index >= 15 is 0 Å². The SMILES string of the molecule is O=C(Nc1ccc(CO)cc1)c1ccc(Cl)c([N+](=O)[O-])c1. The van der Waals surface area contributed by atoms with Crippen molar-refractivity contribution >= 4 is 28.9 Å². The van der Waals surface area contributed by atoms with Crippen LogP contribution in [0.25, 0.3) is 0 Å². The van der Waals surface area contributed by atoms with Gasteiger partial charge in [-0.1, -0.05) is 23.7 Å². The highest BCUT2D eigenvalue weighted by Gasteiger charge is 2.16. The van der Waals surface area contributed by atoms with Crippen molar-refractivity contribution in [3.8, 4) is 0 Å². The van der Waals surface area contributed by atoms with Gasteiger partial charge in [-0.3, -0.25) is 14.9 Å². The predicted molar refractivity (Wildman–Crippen MR) is 78.4 cm³/mol. The number of amides is 1. The third kappa shape index (κ3) is 3.56. The lowest BCUT2D eigenvalue weighted by atomic mass is 10.1. The van der Waals surface area contributed by atoms with Crippen LogP contribution in [0.4, 0.5) is 11.4 Å². The molecule has 108 valence electrons. The number of nitro groups is 1. The summed E-state index contributed by atoms with van der Waals surface area (Å²) in [5.74, 6) is -0.480. The van der Waals surface area contributed by atoms with Crippen LogP contribution in [0.1, 0.15) is 15.9 Å². The molecule has 2 rings (SSSR count). The molecule has 0 aliphatic carbocycles. The predicted octanol–water partition coefficient (Wildman–Crippen LogP) is 2.99. The average Bonchev–Trinajstić information content (AvgIpc) is 2.48. The van der Waals surface area contributed by atoms with Crippen LogP contribution < -0.4 is 5.32 Å². The zero-order chi connectivity index (χ0) is 15.4. The molecule has 2 aromatic carbocycles. The third-order valence-corrected chi connectivity index (χ3v) is 3.12. The first kappa shape index (κ1) is 15.0. The van der Waals surface area contributed by atoms with Crippen molar-refractivity contribution in [3.05, 3.63) is 68.7 Å². The largest absolute Gasteiger partial charge is 0.392 e. The van der Waals surface area contributed by atoms with E-state index < -0.39 is 10.8 Å². The zero-order valence-electron chi connectivity index (χ0n) is 10.7. The number of carbonyl (C=O) groups excluding carboxylic acids is 1. The summed E-state index contributed by atoms with van der Waals surface area (Å²) >= 11 is 5.69. The Bertz CT molecular complexity index is 686. The summed E-state index contributed by atoms with van der Waals surface area (Å²) in [4.78, 5) is 22.2. The topological polar surface area (TPSA) is 92.5 Å². The van der Waals surface area contributed by atoms with Crippen LogP contribution in [0, 0.1) is 10.1 Å². The quantitative estimate of drug-likeness (QED) is 0.671. The Balaban J connectivity index is 2.19. The summed E-state index contributed by atoms with van der Waals surface area (Å²) < 4.78 is 0. The molecule has 0 saturated heterocycles. The lowest BCUT2D eigenvalue weighted by Gasteiger charge is -2.06. The molecule has 0 aromatic heterocycles. The molecule has 0 aliphatic heterocycles. The molecule has 0 spiro atoms. The summed E-state index contributed by atoms with van der Waals surface area (Å²) in [5, 5.41) is 22.3. The molecule has 2 aromatic rings. The van der Waals surface area contributed by atoms with Crippen molar-refractivity contribution in [1.82, 2.24) is 0 Å². The van der Waals surface area contributed by atoms with Gasteiger partial charge in [0.15, 0.2) is 0 Å². The summed E-state index contributed by atoms with van der Waals surface area (Å²) in [7, 11) is 0. The highest BCUT2D eigenvalue weighted by Crippen LogP contribution is 2.25. The number of aliphatic hydroxyl groups is 1. The number of halogens is 1. The van der Waals surface area contributed by atoms with Crippen molar-refractivity contribution in [1.29, 1.82) is 0 Å². The van der Waals surface area contributed by atoms with Gasteiger partial charge in [0, 0.05) is 17.3 Å². The summed E-state index contributed by atoms with van der Waals surface area (Å²) in [6.07, 6.45) is 0. The van der Waals surface area contributed by atoms with E-state index in [0.29, 0.717) is 5.69 Å². The number of benzene rings is 2. The highest BCUT2D eigenvalue weighted by atomic mass is 35.5. The first-order chi connectivity index (χ1) is 10.0. The summed E-state index contributed by atoms with van der Waals surface area (Å²) in [6, 6.07) is 10.4. The van der Waals surface area contributed by atoms with Gasteiger partial charge in [0.2, 0.25) is 0 Å². The summed E-state index contributed by atoms with van der Waals surface area (Å²) in [5.41, 5.74) is 1.06. The fourth-order valence-corrected chi connectivity index (χ4v) is 1.88. The lowest BCUT2D eigenvalue weighted by molar-refractivity contribution is -0.384. The number of rotatable bonds is 4. The number of hydrogen-bond donors (Lipinski definition) is 2. The number of carbonyl (C=O) groups is 1. The Morgan fingerprint density at radius 3 is 2.48 bits per heavy atom. The van der Waals surface area contributed by atoms with Crippen LogP contribution in [0.5, 0.6) is 0 Å². The smallest absolute Gasteiger partial charge is 0.288 e. The Kier molecular flexibility index (Phi) is 4.52. The molecule has 2 N–H and O–H groups in total. The molecule has 0 saturated carbocycles. The minimum absolute atomic E-state index is 0.0242. The molecule has 21 heavy (non-hydrogen) atoms. The summed E-state index contributed by atoms with van der Waals surface area (Å²) in [6.45, 7) is -0.0857. The number of hydrogen-bond acceptors (Lipinski definition) is 4. The van der Waals surface area contributed by atoms with Crippen molar-refractivity contribution in [3.63, 3.8) is 0 Å². The van der Waals surface area contributed by atoms with Gasteiger partial charge >= 0.3 is 0 Å². The molecule has 0 atom stereocenters. The van der Waals surface area contributed by atoms with Crippen LogP contribution in [0.3, 0.4) is 0 Å². The highest BCUT2D eigenvalue weighted by molar-refractivity contribution is 6.32. The normalized spacial score (nSPS) is 10.2. The van der Waals surface area contributed by atoms with Crippen LogP contribution in [0.2, 0.25) is 5.02 Å². The zero-order valence-corrected chi connectivity index (χ0v) is 11.5. The van der Waals surface area contributed by atoms with E-state index in [-0.39, 0.29) is 22.9 Å². The van der Waals surface area contributed by atoms with E-state index in [4.69, 9.17) is 16.7 Å². The molecular weight excluding hydrogens is 296 g/mol. The van der Waals surface area contributed by atoms with E-state index in [2.05, 4.69) is 5.32 Å². The number of nitrogens with zero attached hydrogens (tertiary/aromatic N) is 1. The van der Waals surface area contributed by atoms with Gasteiger partial charge in [0.25, 0.3) is 11.6 Å². The average molecular weight is 307 g/mol. The van der Waals surface area contributed by atoms with Gasteiger partial charge < -0.3 is 10.4 Å². The molecule has 0 aliphatic rings. The third-order valence-electron chi connectivity index (χ3n) is 2.80. The maximum absolute atomic E-state index is 12.0. The minimum Gasteiger partial charge on any atom is -0.392 e. The first-order valence-corrected chi connectivity index (χ1v) is 6.34. The van der Waals surface area contributed by atoms with Gasteiger partial charge in [0.1, 0.15) is 5.02 Å². The number of nitrogens with one attached hydrogen (secondary N) is 1. The Morgan fingerprint density at radius 1 is 1.24 bits per heavy atom. The fourth-order valence-electron chi connectivity index (χ4n) is 1.69. The standard InChI is InChI=1S/C14H11ClN2O4/c15-12-6-3-10(7-13(12)17(20)21)14(19)16-11-4-1-9(8-18)2-5-11/h1-7,18H,8H2,(H,16,19). The van der Waals surface area contributed by atoms with Crippen LogP contribution in [0.15, 0.2) is 42.5 Å². The van der Waals surface area contributed by atoms with Crippen molar-refractivity contribution in [2.75, 3.05) is 5.32 Å². The van der Waals surface area contributed by atoms with E-state index in [1.807, 2.05) is 0 Å².